The first kappa shape index (κ1) is 26.4. The van der Waals surface area contributed by atoms with Crippen LogP contribution >= 0.6 is 11.6 Å². The molecule has 0 saturated heterocycles. The summed E-state index contributed by atoms with van der Waals surface area (Å²) in [5.74, 6) is 1.93. The van der Waals surface area contributed by atoms with Crippen molar-refractivity contribution in [3.63, 3.8) is 0 Å². The molecule has 37 heavy (non-hydrogen) atoms. The Morgan fingerprint density at radius 2 is 1.73 bits per heavy atom. The van der Waals surface area contributed by atoms with Gasteiger partial charge in [0.25, 0.3) is 0 Å². The molecule has 194 valence electrons. The molecular formula is C27H31ClN6O3. The molecular weight excluding hydrogens is 492 g/mol. The maximum absolute atomic E-state index is 13.0. The van der Waals surface area contributed by atoms with E-state index >= 15 is 0 Å². The molecule has 0 aliphatic heterocycles. The summed E-state index contributed by atoms with van der Waals surface area (Å²) in [6, 6.07) is 24.3. The molecule has 0 aromatic heterocycles. The maximum atomic E-state index is 13.0. The smallest absolute Gasteiger partial charge is 0.238 e. The van der Waals surface area contributed by atoms with Gasteiger partial charge in [-0.3, -0.25) is 9.69 Å². The number of hydrogen-bond donors (Lipinski definition) is 3. The zero-order chi connectivity index (χ0) is 25.9. The van der Waals surface area contributed by atoms with Crippen LogP contribution in [0.3, 0.4) is 0 Å². The van der Waals surface area contributed by atoms with Crippen molar-refractivity contribution in [2.45, 2.75) is 24.9 Å². The van der Waals surface area contributed by atoms with Crippen molar-refractivity contribution in [3.8, 4) is 17.2 Å². The van der Waals surface area contributed by atoms with Gasteiger partial charge in [0.2, 0.25) is 5.91 Å². The van der Waals surface area contributed by atoms with E-state index < -0.39 is 0 Å². The van der Waals surface area contributed by atoms with Crippen LogP contribution in [0.15, 0.2) is 89.2 Å². The number of para-hydroxylation sites is 2. The minimum atomic E-state index is -0.168. The van der Waals surface area contributed by atoms with E-state index in [9.17, 15) is 4.79 Å². The summed E-state index contributed by atoms with van der Waals surface area (Å²) in [7, 11) is 1.71. The van der Waals surface area contributed by atoms with E-state index in [-0.39, 0.29) is 18.5 Å². The molecule has 3 N–H and O–H groups in total. The molecule has 10 heteroatoms. The van der Waals surface area contributed by atoms with Gasteiger partial charge in [-0.25, -0.2) is 11.0 Å². The van der Waals surface area contributed by atoms with E-state index in [1.54, 1.807) is 13.1 Å². The van der Waals surface area contributed by atoms with Gasteiger partial charge in [-0.2, -0.15) is 5.11 Å². The molecule has 3 aromatic carbocycles. The number of benzene rings is 3. The molecule has 3 aromatic rings. The SMILES string of the molecule is CNNN=NCC(COc1ccccc1Cl)N(CC(=O)Nc1ccc(Oc2ccccc2)cc1)C1CC1. The first-order valence-corrected chi connectivity index (χ1v) is 12.5. The van der Waals surface area contributed by atoms with Crippen LogP contribution in [-0.2, 0) is 4.79 Å². The second-order valence-corrected chi connectivity index (χ2v) is 8.98. The number of halogens is 1. The van der Waals surface area contributed by atoms with Crippen LogP contribution in [0.1, 0.15) is 12.8 Å². The molecule has 0 radical (unpaired) electrons. The van der Waals surface area contributed by atoms with Crippen LogP contribution in [0.25, 0.3) is 0 Å². The van der Waals surface area contributed by atoms with Crippen molar-refractivity contribution >= 4 is 23.2 Å². The number of nitrogens with one attached hydrogen (secondary N) is 3. The monoisotopic (exact) mass is 522 g/mol. The normalized spacial score (nSPS) is 13.9. The fourth-order valence-corrected chi connectivity index (χ4v) is 3.97. The summed E-state index contributed by atoms with van der Waals surface area (Å²) in [6.45, 7) is 0.879. The van der Waals surface area contributed by atoms with E-state index in [1.165, 1.54) is 0 Å². The molecule has 1 aliphatic rings. The molecule has 1 fully saturated rings. The number of carbonyl (C=O) groups is 1. The molecule has 1 unspecified atom stereocenters. The van der Waals surface area contributed by atoms with Crippen molar-refractivity contribution in [2.24, 2.45) is 10.3 Å². The van der Waals surface area contributed by atoms with E-state index in [0.29, 0.717) is 41.4 Å². The molecule has 0 bridgehead atoms. The Kier molecular flexibility index (Phi) is 9.70. The summed E-state index contributed by atoms with van der Waals surface area (Å²) in [5.41, 5.74) is 6.00. The molecule has 1 aliphatic carbocycles. The third kappa shape index (κ3) is 8.45. The highest BCUT2D eigenvalue weighted by Gasteiger charge is 2.35. The lowest BCUT2D eigenvalue weighted by Gasteiger charge is -2.30. The Balaban J connectivity index is 1.38. The average molecular weight is 523 g/mol. The van der Waals surface area contributed by atoms with Crippen molar-refractivity contribution in [2.75, 3.05) is 32.1 Å². The molecule has 0 heterocycles. The summed E-state index contributed by atoms with van der Waals surface area (Å²) >= 11 is 6.27. The lowest BCUT2D eigenvalue weighted by Crippen LogP contribution is -2.47. The maximum Gasteiger partial charge on any atom is 0.238 e. The van der Waals surface area contributed by atoms with Crippen molar-refractivity contribution in [3.05, 3.63) is 83.9 Å². The van der Waals surface area contributed by atoms with Crippen molar-refractivity contribution < 1.29 is 14.3 Å². The molecule has 4 rings (SSSR count). The van der Waals surface area contributed by atoms with Gasteiger partial charge in [-0.1, -0.05) is 47.2 Å². The number of hydrogen-bond acceptors (Lipinski definition) is 7. The van der Waals surface area contributed by atoms with Gasteiger partial charge in [0.1, 0.15) is 23.9 Å². The van der Waals surface area contributed by atoms with Crippen molar-refractivity contribution in [1.29, 1.82) is 0 Å². The zero-order valence-electron chi connectivity index (χ0n) is 20.6. The van der Waals surface area contributed by atoms with E-state index in [1.807, 2.05) is 72.8 Å². The first-order chi connectivity index (χ1) is 18.1. The highest BCUT2D eigenvalue weighted by molar-refractivity contribution is 6.32. The van der Waals surface area contributed by atoms with E-state index in [4.69, 9.17) is 21.1 Å². The number of rotatable bonds is 14. The Hall–Kier alpha value is -3.66. The molecule has 0 spiro atoms. The molecule has 1 saturated carbocycles. The Morgan fingerprint density at radius 3 is 2.43 bits per heavy atom. The molecule has 9 nitrogen and oxygen atoms in total. The minimum absolute atomic E-state index is 0.114. The van der Waals surface area contributed by atoms with Gasteiger partial charge >= 0.3 is 0 Å². The van der Waals surface area contributed by atoms with Crippen LogP contribution in [0.4, 0.5) is 5.69 Å². The number of amides is 1. The quantitative estimate of drug-likeness (QED) is 0.202. The fraction of sp³-hybridized carbons (Fsp3) is 0.296. The van der Waals surface area contributed by atoms with Gasteiger partial charge in [0, 0.05) is 18.8 Å². The average Bonchev–Trinajstić information content (AvgIpc) is 3.75. The minimum Gasteiger partial charge on any atom is -0.490 e. The van der Waals surface area contributed by atoms with Crippen molar-refractivity contribution in [1.82, 2.24) is 15.9 Å². The van der Waals surface area contributed by atoms with Gasteiger partial charge in [-0.15, -0.1) is 0 Å². The lowest BCUT2D eigenvalue weighted by molar-refractivity contribution is -0.118. The summed E-state index contributed by atoms with van der Waals surface area (Å²) in [4.78, 5) is 15.2. The number of carbonyl (C=O) groups excluding carboxylic acids is 1. The van der Waals surface area contributed by atoms with Gasteiger partial charge in [0.15, 0.2) is 0 Å². The number of ether oxygens (including phenoxy) is 2. The van der Waals surface area contributed by atoms with Crippen LogP contribution in [0, 0.1) is 0 Å². The summed E-state index contributed by atoms with van der Waals surface area (Å²) < 4.78 is 11.8. The Bertz CT molecular complexity index is 1160. The summed E-state index contributed by atoms with van der Waals surface area (Å²) in [6.07, 6.45) is 2.04. The second-order valence-electron chi connectivity index (χ2n) is 8.57. The van der Waals surface area contributed by atoms with Crippen LogP contribution in [0.2, 0.25) is 5.02 Å². The second kappa shape index (κ2) is 13.6. The first-order valence-electron chi connectivity index (χ1n) is 12.2. The van der Waals surface area contributed by atoms with Crippen LogP contribution in [-0.4, -0.2) is 49.6 Å². The fourth-order valence-electron chi connectivity index (χ4n) is 3.78. The predicted octanol–water partition coefficient (Wildman–Crippen LogP) is 5.07. The standard InChI is InChI=1S/C27H31ClN6O3/c1-29-32-33-30-17-22(19-36-26-10-6-5-9-25(26)28)34(21-13-14-21)18-27(35)31-20-11-15-24(16-12-20)37-23-7-3-2-4-8-23/h2-12,15-16,21-22H,13-14,17-19H2,1H3,(H,29,33)(H,30,32)(H,31,35). The number of anilines is 1. The van der Waals surface area contributed by atoms with E-state index in [0.717, 1.165) is 18.6 Å². The molecule has 1 amide bonds. The summed E-state index contributed by atoms with van der Waals surface area (Å²) in [5, 5.41) is 11.6. The number of nitrogens with zero attached hydrogens (tertiary/aromatic N) is 3. The van der Waals surface area contributed by atoms with Gasteiger partial charge in [0.05, 0.1) is 24.2 Å². The van der Waals surface area contributed by atoms with Gasteiger partial charge in [-0.05, 0) is 61.4 Å². The zero-order valence-corrected chi connectivity index (χ0v) is 21.4. The third-order valence-corrected chi connectivity index (χ3v) is 6.03. The Labute approximate surface area is 221 Å². The predicted molar refractivity (Wildman–Crippen MR) is 144 cm³/mol. The van der Waals surface area contributed by atoms with Crippen LogP contribution in [0.5, 0.6) is 17.2 Å². The highest BCUT2D eigenvalue weighted by atomic mass is 35.5. The topological polar surface area (TPSA) is 99.6 Å². The van der Waals surface area contributed by atoms with E-state index in [2.05, 4.69) is 31.5 Å². The third-order valence-electron chi connectivity index (χ3n) is 5.72. The highest BCUT2D eigenvalue weighted by Crippen LogP contribution is 2.30. The largest absolute Gasteiger partial charge is 0.490 e. The van der Waals surface area contributed by atoms with Crippen LogP contribution < -0.4 is 25.8 Å². The Morgan fingerprint density at radius 1 is 1.03 bits per heavy atom. The number of hydrazine groups is 1. The van der Waals surface area contributed by atoms with Gasteiger partial charge < -0.3 is 14.8 Å². The lowest BCUT2D eigenvalue weighted by atomic mass is 10.2. The molecule has 1 atom stereocenters.